The van der Waals surface area contributed by atoms with E-state index in [0.29, 0.717) is 5.38 Å². The molecule has 0 aliphatic carbocycles. The average molecular weight is 219 g/mol. The van der Waals surface area contributed by atoms with Crippen LogP contribution < -0.4 is 5.46 Å². The molecule has 13 heavy (non-hydrogen) atoms. The monoisotopic (exact) mass is 219 g/mol. The Kier molecular flexibility index (Phi) is 2.35. The molecule has 1 heterocycles. The summed E-state index contributed by atoms with van der Waals surface area (Å²) in [7, 11) is 0. The smallest absolute Gasteiger partial charge is 0.445 e. The molecule has 0 N–H and O–H groups in total. The number of hydrogen-bond acceptors (Lipinski definition) is 1. The summed E-state index contributed by atoms with van der Waals surface area (Å²) in [6.45, 7) is -5.33. The Morgan fingerprint density at radius 3 is 1.92 bits per heavy atom. The van der Waals surface area contributed by atoms with Crippen LogP contribution in [0.15, 0.2) is 11.4 Å². The van der Waals surface area contributed by atoms with E-state index < -0.39 is 23.5 Å². The summed E-state index contributed by atoms with van der Waals surface area (Å²) < 4.78 is 71.2. The topological polar surface area (TPSA) is 0 Å². The van der Waals surface area contributed by atoms with E-state index in [1.807, 2.05) is 0 Å². The maximum absolute atomic E-state index is 11.9. The molecule has 0 aliphatic heterocycles. The predicted octanol–water partition coefficient (Wildman–Crippen LogP) is 2.82. The normalized spacial score (nSPS) is 13.4. The van der Waals surface area contributed by atoms with Gasteiger partial charge in [0.25, 0.3) is 0 Å². The van der Waals surface area contributed by atoms with Gasteiger partial charge in [0.2, 0.25) is 0 Å². The van der Waals surface area contributed by atoms with Crippen molar-refractivity contribution in [2.45, 2.75) is 6.18 Å². The van der Waals surface area contributed by atoms with E-state index in [1.54, 1.807) is 0 Å². The third-order valence-corrected chi connectivity index (χ3v) is 2.27. The summed E-state index contributed by atoms with van der Waals surface area (Å²) in [5.41, 5.74) is -1.20. The van der Waals surface area contributed by atoms with Crippen molar-refractivity contribution in [3.63, 3.8) is 0 Å². The summed E-state index contributed by atoms with van der Waals surface area (Å²) in [6.07, 6.45) is -4.69. The zero-order valence-electron chi connectivity index (χ0n) is 5.91. The van der Waals surface area contributed by atoms with E-state index in [-0.39, 0.29) is 17.4 Å². The van der Waals surface area contributed by atoms with Gasteiger partial charge in [-0.25, -0.2) is 0 Å². The van der Waals surface area contributed by atoms with Gasteiger partial charge in [0, 0.05) is 0 Å². The summed E-state index contributed by atoms with van der Waals surface area (Å²) in [5, 5.41) is 0.475. The zero-order valence-corrected chi connectivity index (χ0v) is 6.72. The first kappa shape index (κ1) is 10.4. The lowest BCUT2D eigenvalue weighted by molar-refractivity contribution is -0.134. The highest BCUT2D eigenvalue weighted by atomic mass is 32.1. The zero-order chi connectivity index (χ0) is 10.3. The molecule has 1 rings (SSSR count). The van der Waals surface area contributed by atoms with Crippen molar-refractivity contribution in [1.82, 2.24) is 0 Å². The van der Waals surface area contributed by atoms with Crippen molar-refractivity contribution in [2.75, 3.05) is 0 Å². The second-order valence-corrected chi connectivity index (χ2v) is 3.23. The van der Waals surface area contributed by atoms with Gasteiger partial charge < -0.3 is 12.9 Å². The molecule has 74 valence electrons. The molecule has 0 spiro atoms. The molecule has 1 aromatic rings. The quantitative estimate of drug-likeness (QED) is 0.503. The largest absolute Gasteiger partial charge is 0.510 e. The van der Waals surface area contributed by atoms with Gasteiger partial charge in [-0.2, -0.15) is 13.2 Å². The van der Waals surface area contributed by atoms with Crippen LogP contribution in [0.2, 0.25) is 0 Å². The molecule has 1 aromatic heterocycles. The highest BCUT2D eigenvalue weighted by molar-refractivity contribution is 7.11. The second-order valence-electron chi connectivity index (χ2n) is 2.32. The van der Waals surface area contributed by atoms with Crippen molar-refractivity contribution in [1.29, 1.82) is 0 Å². The molecule has 0 aliphatic rings. The van der Waals surface area contributed by atoms with Crippen LogP contribution in [-0.2, 0) is 6.18 Å². The first-order valence-electron chi connectivity index (χ1n) is 3.07. The number of hydrogen-bond donors (Lipinski definition) is 0. The minimum atomic E-state index is -5.33. The number of alkyl halides is 3. The van der Waals surface area contributed by atoms with Crippen LogP contribution in [0.1, 0.15) is 4.88 Å². The highest BCUT2D eigenvalue weighted by Crippen LogP contribution is 2.32. The van der Waals surface area contributed by atoms with Crippen LogP contribution in [0.4, 0.5) is 26.1 Å². The molecule has 0 nitrogen and oxygen atoms in total. The Morgan fingerprint density at radius 2 is 1.69 bits per heavy atom. The highest BCUT2D eigenvalue weighted by Gasteiger charge is 2.35. The fourth-order valence-corrected chi connectivity index (χ4v) is 1.49. The fourth-order valence-electron chi connectivity index (χ4n) is 0.671. The Morgan fingerprint density at radius 1 is 1.15 bits per heavy atom. The maximum Gasteiger partial charge on any atom is 0.510 e. The Balaban J connectivity index is 3.01. The first-order valence-corrected chi connectivity index (χ1v) is 3.95. The molecule has 0 bridgehead atoms. The van der Waals surface area contributed by atoms with Crippen LogP contribution in [-0.4, -0.2) is 6.98 Å². The Bertz CT molecular complexity index is 268. The third-order valence-electron chi connectivity index (χ3n) is 1.28. The molecule has 0 atom stereocenters. The van der Waals surface area contributed by atoms with Crippen molar-refractivity contribution >= 4 is 23.8 Å². The number of halogens is 6. The molecule has 0 unspecified atom stereocenters. The molecule has 0 aromatic carbocycles. The Hall–Kier alpha value is -0.655. The molecule has 0 saturated carbocycles. The lowest BCUT2D eigenvalue weighted by Crippen LogP contribution is -2.32. The number of rotatable bonds is 1. The van der Waals surface area contributed by atoms with E-state index in [1.165, 1.54) is 0 Å². The van der Waals surface area contributed by atoms with E-state index in [0.717, 1.165) is 0 Å². The van der Waals surface area contributed by atoms with Gasteiger partial charge in [-0.15, -0.1) is 11.3 Å². The van der Waals surface area contributed by atoms with E-state index in [4.69, 9.17) is 0 Å². The summed E-state index contributed by atoms with van der Waals surface area (Å²) >= 11 is 0.0540. The van der Waals surface area contributed by atoms with E-state index >= 15 is 0 Å². The molecule has 8 heteroatoms. The summed E-state index contributed by atoms with van der Waals surface area (Å²) in [4.78, 5) is -1.22. The molecular weight excluding hydrogens is 217 g/mol. The Labute approximate surface area is 73.2 Å². The van der Waals surface area contributed by atoms with Crippen LogP contribution in [0, 0.1) is 0 Å². The fraction of sp³-hybridized carbons (Fsp3) is 0.200. The van der Waals surface area contributed by atoms with Gasteiger partial charge in [0.05, 0.1) is 0 Å². The predicted molar refractivity (Wildman–Crippen MR) is 38.0 cm³/mol. The minimum Gasteiger partial charge on any atom is -0.445 e. The molecule has 0 radical (unpaired) electrons. The van der Waals surface area contributed by atoms with Crippen molar-refractivity contribution in [3.8, 4) is 0 Å². The lowest BCUT2D eigenvalue weighted by Gasteiger charge is -2.10. The van der Waals surface area contributed by atoms with Crippen molar-refractivity contribution < 1.29 is 26.1 Å². The van der Waals surface area contributed by atoms with Crippen LogP contribution in [0.25, 0.3) is 0 Å². The lowest BCUT2D eigenvalue weighted by atomic mass is 9.82. The minimum absolute atomic E-state index is 0.0540. The maximum atomic E-state index is 11.9. The molecule has 0 amide bonds. The molecule has 0 saturated heterocycles. The van der Waals surface area contributed by atoms with Gasteiger partial charge in [0.15, 0.2) is 0 Å². The van der Waals surface area contributed by atoms with E-state index in [2.05, 4.69) is 0 Å². The number of thiophene rings is 1. The second kappa shape index (κ2) is 2.93. The van der Waals surface area contributed by atoms with Gasteiger partial charge in [0.1, 0.15) is 4.88 Å². The molecular formula is C5H2BF6S-. The standard InChI is InChI=1S/C5H2BF6S/c7-5(8,9)4-1-3(2-13-4)6(10,11)12/h1-2H/q-1. The van der Waals surface area contributed by atoms with Gasteiger partial charge in [-0.3, -0.25) is 0 Å². The van der Waals surface area contributed by atoms with Crippen molar-refractivity contribution in [3.05, 3.63) is 16.3 Å². The van der Waals surface area contributed by atoms with Crippen LogP contribution >= 0.6 is 11.3 Å². The molecule has 0 fully saturated rings. The summed E-state index contributed by atoms with van der Waals surface area (Å²) in [5.74, 6) is 0. The van der Waals surface area contributed by atoms with Gasteiger partial charge in [-0.1, -0.05) is 11.5 Å². The van der Waals surface area contributed by atoms with Crippen LogP contribution in [0.5, 0.6) is 0 Å². The van der Waals surface area contributed by atoms with Crippen LogP contribution in [0.3, 0.4) is 0 Å². The van der Waals surface area contributed by atoms with E-state index in [9.17, 15) is 26.1 Å². The van der Waals surface area contributed by atoms with Crippen molar-refractivity contribution in [2.24, 2.45) is 0 Å². The van der Waals surface area contributed by atoms with Gasteiger partial charge >= 0.3 is 13.2 Å². The van der Waals surface area contributed by atoms with Gasteiger partial charge in [-0.05, 0) is 5.38 Å². The summed E-state index contributed by atoms with van der Waals surface area (Å²) in [6, 6.07) is 0.130. The SMILES string of the molecule is F[B-](F)(F)c1csc(C(F)(F)F)c1. The first-order chi connectivity index (χ1) is 5.71. The third kappa shape index (κ3) is 2.39. The average Bonchev–Trinajstić information content (AvgIpc) is 2.28.